The molecule has 7 heteroatoms. The molecule has 0 fully saturated rings. The maximum absolute atomic E-state index is 10.7. The lowest BCUT2D eigenvalue weighted by molar-refractivity contribution is -0.132. The van der Waals surface area contributed by atoms with Crippen molar-refractivity contribution in [3.8, 4) is 0 Å². The summed E-state index contributed by atoms with van der Waals surface area (Å²) < 4.78 is 0. The van der Waals surface area contributed by atoms with Crippen molar-refractivity contribution in [1.29, 1.82) is 0 Å². The lowest BCUT2D eigenvalue weighted by Gasteiger charge is -2.07. The van der Waals surface area contributed by atoms with Crippen LogP contribution in [0.5, 0.6) is 0 Å². The highest BCUT2D eigenvalue weighted by molar-refractivity contribution is 6.12. The zero-order valence-corrected chi connectivity index (χ0v) is 9.81. The van der Waals surface area contributed by atoms with Crippen LogP contribution in [0.1, 0.15) is 32.6 Å². The molecule has 3 amide bonds. The van der Waals surface area contributed by atoms with Crippen LogP contribution in [0.15, 0.2) is 12.2 Å². The van der Waals surface area contributed by atoms with Crippen LogP contribution in [-0.4, -0.2) is 22.8 Å². The average molecular weight is 242 g/mol. The first-order valence-electron chi connectivity index (χ1n) is 5.32. The molecule has 0 radical (unpaired) electrons. The molecular weight excluding hydrogens is 224 g/mol. The monoisotopic (exact) mass is 242 g/mol. The van der Waals surface area contributed by atoms with Crippen molar-refractivity contribution >= 4 is 17.7 Å². The molecular formula is C10H18N4O3. The zero-order chi connectivity index (χ0) is 13.3. The highest BCUT2D eigenvalue weighted by Gasteiger charge is 2.06. The second kappa shape index (κ2) is 8.43. The second-order valence-electron chi connectivity index (χ2n) is 3.44. The van der Waals surface area contributed by atoms with Crippen molar-refractivity contribution in [3.05, 3.63) is 12.2 Å². The van der Waals surface area contributed by atoms with E-state index in [1.54, 1.807) is 0 Å². The molecule has 0 aromatic carbocycles. The quantitative estimate of drug-likeness (QED) is 0.199. The van der Waals surface area contributed by atoms with Crippen LogP contribution in [0.2, 0.25) is 0 Å². The van der Waals surface area contributed by atoms with Crippen LogP contribution in [0.25, 0.3) is 0 Å². The fraction of sp³-hybridized carbons (Fsp3) is 0.500. The third-order valence-electron chi connectivity index (χ3n) is 1.91. The van der Waals surface area contributed by atoms with E-state index in [1.807, 2.05) is 5.32 Å². The van der Waals surface area contributed by atoms with Gasteiger partial charge in [0.05, 0.1) is 0 Å². The molecule has 7 nitrogen and oxygen atoms in total. The van der Waals surface area contributed by atoms with Crippen LogP contribution in [0.4, 0.5) is 0 Å². The van der Waals surface area contributed by atoms with Crippen LogP contribution in [0, 0.1) is 0 Å². The fourth-order valence-electron chi connectivity index (χ4n) is 1.01. The highest BCUT2D eigenvalue weighted by atomic mass is 16.2. The Balaban J connectivity index is 0.000000318. The number of amides is 3. The minimum Gasteiger partial charge on any atom is -0.289 e. The zero-order valence-electron chi connectivity index (χ0n) is 9.81. The number of nitrogens with two attached hydrogens (primary N) is 2. The van der Waals surface area contributed by atoms with Gasteiger partial charge in [0, 0.05) is 18.6 Å². The van der Waals surface area contributed by atoms with E-state index in [2.05, 4.69) is 6.92 Å². The van der Waals surface area contributed by atoms with Gasteiger partial charge in [-0.1, -0.05) is 19.8 Å². The predicted octanol–water partition coefficient (Wildman–Crippen LogP) is -0.658. The molecule has 0 atom stereocenters. The summed E-state index contributed by atoms with van der Waals surface area (Å²) in [6.45, 7) is 2.08. The third-order valence-corrected chi connectivity index (χ3v) is 1.91. The topological polar surface area (TPSA) is 119 Å². The maximum atomic E-state index is 10.7. The SMILES string of the molecule is CCCCCC(=O)N(N)N.O=C1C=CC(=O)N1. The lowest BCUT2D eigenvalue weighted by atomic mass is 10.2. The van der Waals surface area contributed by atoms with Gasteiger partial charge >= 0.3 is 0 Å². The van der Waals surface area contributed by atoms with E-state index in [4.69, 9.17) is 11.7 Å². The molecule has 0 aliphatic carbocycles. The number of hydrogen-bond donors (Lipinski definition) is 3. The molecule has 1 aliphatic heterocycles. The van der Waals surface area contributed by atoms with E-state index in [1.165, 1.54) is 12.2 Å². The van der Waals surface area contributed by atoms with Crippen molar-refractivity contribution in [2.75, 3.05) is 0 Å². The molecule has 0 aromatic rings. The summed E-state index contributed by atoms with van der Waals surface area (Å²) in [4.78, 5) is 30.8. The molecule has 1 aliphatic rings. The van der Waals surface area contributed by atoms with Gasteiger partial charge in [0.1, 0.15) is 0 Å². The Morgan fingerprint density at radius 3 is 2.06 bits per heavy atom. The molecule has 1 heterocycles. The Kier molecular flexibility index (Phi) is 7.57. The van der Waals surface area contributed by atoms with E-state index < -0.39 is 0 Å². The van der Waals surface area contributed by atoms with Gasteiger partial charge in [-0.15, -0.1) is 0 Å². The minimum atomic E-state index is -0.329. The molecule has 1 rings (SSSR count). The van der Waals surface area contributed by atoms with Crippen molar-refractivity contribution in [2.45, 2.75) is 32.6 Å². The Morgan fingerprint density at radius 1 is 1.24 bits per heavy atom. The average Bonchev–Trinajstić information content (AvgIpc) is 2.63. The number of nitrogens with one attached hydrogen (secondary N) is 1. The first-order chi connectivity index (χ1) is 7.97. The molecule has 5 N–H and O–H groups in total. The van der Waals surface area contributed by atoms with Gasteiger partial charge in [0.25, 0.3) is 17.7 Å². The number of hydrogen-bond acceptors (Lipinski definition) is 5. The number of unbranched alkanes of at least 4 members (excludes halogenated alkanes) is 2. The number of rotatable bonds is 4. The van der Waals surface area contributed by atoms with Crippen LogP contribution in [0.3, 0.4) is 0 Å². The van der Waals surface area contributed by atoms with E-state index >= 15 is 0 Å². The van der Waals surface area contributed by atoms with E-state index in [0.717, 1.165) is 19.3 Å². The van der Waals surface area contributed by atoms with Crippen molar-refractivity contribution in [3.63, 3.8) is 0 Å². The summed E-state index contributed by atoms with van der Waals surface area (Å²) in [5.41, 5.74) is 0. The van der Waals surface area contributed by atoms with Crippen LogP contribution >= 0.6 is 0 Å². The second-order valence-corrected chi connectivity index (χ2v) is 3.44. The molecule has 0 spiro atoms. The number of hydrazine groups is 2. The lowest BCUT2D eigenvalue weighted by Crippen LogP contribution is -2.43. The molecule has 96 valence electrons. The largest absolute Gasteiger partial charge is 0.289 e. The molecule has 0 saturated carbocycles. The van der Waals surface area contributed by atoms with Crippen molar-refractivity contribution in [1.82, 2.24) is 10.4 Å². The molecule has 17 heavy (non-hydrogen) atoms. The van der Waals surface area contributed by atoms with Gasteiger partial charge in [0.2, 0.25) is 0 Å². The smallest absolute Gasteiger partial charge is 0.251 e. The van der Waals surface area contributed by atoms with E-state index in [-0.39, 0.29) is 17.7 Å². The number of carbonyl (C=O) groups is 3. The summed E-state index contributed by atoms with van der Waals surface area (Å²) in [6.07, 6.45) is 5.88. The Morgan fingerprint density at radius 2 is 1.76 bits per heavy atom. The number of imide groups is 1. The van der Waals surface area contributed by atoms with Gasteiger partial charge in [0.15, 0.2) is 0 Å². The first-order valence-corrected chi connectivity index (χ1v) is 5.32. The number of nitrogens with zero attached hydrogens (tertiary/aromatic N) is 1. The standard InChI is InChI=1S/C6H15N3O.C4H3NO2/c1-2-3-4-5-6(10)9(7)8;6-3-1-2-4(7)5-3/h2-5,7-8H2,1H3;1-2H,(H,5,6,7). The van der Waals surface area contributed by atoms with E-state index in [9.17, 15) is 14.4 Å². The summed E-state index contributed by atoms with van der Waals surface area (Å²) in [6, 6.07) is 0. The summed E-state index contributed by atoms with van der Waals surface area (Å²) in [5.74, 6) is 9.10. The van der Waals surface area contributed by atoms with Gasteiger partial charge in [-0.2, -0.15) is 0 Å². The van der Waals surface area contributed by atoms with Gasteiger partial charge in [-0.3, -0.25) is 19.7 Å². The van der Waals surface area contributed by atoms with Gasteiger partial charge < -0.3 is 0 Å². The summed E-state index contributed by atoms with van der Waals surface area (Å²) >= 11 is 0. The third kappa shape index (κ3) is 8.12. The minimum absolute atomic E-state index is 0.201. The Bertz CT molecular complexity index is 297. The van der Waals surface area contributed by atoms with Gasteiger partial charge in [-0.25, -0.2) is 16.8 Å². The molecule has 0 unspecified atom stereocenters. The molecule has 0 saturated heterocycles. The van der Waals surface area contributed by atoms with Gasteiger partial charge in [-0.05, 0) is 6.42 Å². The van der Waals surface area contributed by atoms with Crippen molar-refractivity contribution < 1.29 is 14.4 Å². The maximum Gasteiger partial charge on any atom is 0.251 e. The fourth-order valence-corrected chi connectivity index (χ4v) is 1.01. The Hall–Kier alpha value is -1.73. The van der Waals surface area contributed by atoms with E-state index in [0.29, 0.717) is 11.5 Å². The molecule has 0 bridgehead atoms. The van der Waals surface area contributed by atoms with Crippen LogP contribution < -0.4 is 17.0 Å². The summed E-state index contributed by atoms with van der Waals surface area (Å²) in [5, 5.41) is 2.68. The highest BCUT2D eigenvalue weighted by Crippen LogP contribution is 1.98. The number of carbonyl (C=O) groups excluding carboxylic acids is 3. The normalized spacial score (nSPS) is 12.9. The summed E-state index contributed by atoms with van der Waals surface area (Å²) in [7, 11) is 0. The Labute approximate surface area is 99.7 Å². The molecule has 0 aromatic heterocycles. The predicted molar refractivity (Wildman–Crippen MR) is 61.7 cm³/mol. The van der Waals surface area contributed by atoms with Crippen LogP contribution in [-0.2, 0) is 14.4 Å². The van der Waals surface area contributed by atoms with Crippen molar-refractivity contribution in [2.24, 2.45) is 11.7 Å². The first kappa shape index (κ1) is 15.3.